The number of hydrogen-bond acceptors (Lipinski definition) is 7. The topological polar surface area (TPSA) is 161 Å². The number of nitriles is 1. The van der Waals surface area contributed by atoms with Gasteiger partial charge in [-0.05, 0) is 68.7 Å². The average molecular weight is 505 g/mol. The molecule has 5 aliphatic rings. The van der Waals surface area contributed by atoms with E-state index in [4.69, 9.17) is 19.7 Å². The molecule has 36 heavy (non-hydrogen) atoms. The fraction of sp³-hybridized carbons (Fsp3) is 0.875. The van der Waals surface area contributed by atoms with Crippen LogP contribution in [-0.4, -0.2) is 96.8 Å². The van der Waals surface area contributed by atoms with Crippen LogP contribution >= 0.6 is 0 Å². The van der Waals surface area contributed by atoms with Crippen molar-refractivity contribution in [2.24, 2.45) is 17.0 Å². The van der Waals surface area contributed by atoms with Gasteiger partial charge in [0.2, 0.25) is 5.91 Å². The summed E-state index contributed by atoms with van der Waals surface area (Å²) in [5.41, 5.74) is 7.24. The van der Waals surface area contributed by atoms with E-state index in [2.05, 4.69) is 16.1 Å². The zero-order valence-electron chi connectivity index (χ0n) is 20.7. The van der Waals surface area contributed by atoms with Crippen molar-refractivity contribution in [2.45, 2.75) is 68.5 Å². The third kappa shape index (κ3) is 5.86. The maximum Gasteiger partial charge on any atom is 0.408 e. The second kappa shape index (κ2) is 11.6. The molecule has 0 aromatic carbocycles. The Bertz CT molecular complexity index is 888. The SMILES string of the molecule is N#C[C@@H]1CCCN1C(=O)CN(C(=O)O)C12CC3C[C@H](CC(OCCOCCOCCN=[N+]=[N-])(C3)C1)C2. The normalized spacial score (nSPS) is 32.2. The summed E-state index contributed by atoms with van der Waals surface area (Å²) in [6, 6.07) is 1.71. The van der Waals surface area contributed by atoms with Crippen LogP contribution in [-0.2, 0) is 19.0 Å². The Morgan fingerprint density at radius 3 is 2.50 bits per heavy atom. The number of carbonyl (C=O) groups excluding carboxylic acids is 1. The van der Waals surface area contributed by atoms with Crippen molar-refractivity contribution in [1.29, 1.82) is 5.26 Å². The Morgan fingerprint density at radius 2 is 1.83 bits per heavy atom. The van der Waals surface area contributed by atoms with Crippen molar-refractivity contribution in [3.63, 3.8) is 0 Å². The second-order valence-electron chi connectivity index (χ2n) is 10.6. The molecule has 4 aliphatic carbocycles. The number of hydrogen-bond donors (Lipinski definition) is 1. The van der Waals surface area contributed by atoms with E-state index in [1.807, 2.05) is 0 Å². The molecule has 2 amide bonds. The minimum absolute atomic E-state index is 0.203. The summed E-state index contributed by atoms with van der Waals surface area (Å²) in [7, 11) is 0. The van der Waals surface area contributed by atoms with Gasteiger partial charge in [0, 0.05) is 18.0 Å². The summed E-state index contributed by atoms with van der Waals surface area (Å²) in [4.78, 5) is 31.1. The van der Waals surface area contributed by atoms with Crippen LogP contribution in [0.1, 0.15) is 51.4 Å². The molecule has 198 valence electrons. The van der Waals surface area contributed by atoms with Crippen LogP contribution in [0.5, 0.6) is 0 Å². The highest BCUT2D eigenvalue weighted by Gasteiger charge is 2.61. The first-order valence-electron chi connectivity index (χ1n) is 12.9. The number of rotatable bonds is 13. The third-order valence-corrected chi connectivity index (χ3v) is 8.20. The van der Waals surface area contributed by atoms with Crippen molar-refractivity contribution < 1.29 is 28.9 Å². The predicted molar refractivity (Wildman–Crippen MR) is 127 cm³/mol. The van der Waals surface area contributed by atoms with Gasteiger partial charge < -0.3 is 24.2 Å². The van der Waals surface area contributed by atoms with E-state index in [0.717, 1.165) is 38.5 Å². The van der Waals surface area contributed by atoms with Crippen LogP contribution in [0.15, 0.2) is 5.11 Å². The van der Waals surface area contributed by atoms with Crippen LogP contribution in [0, 0.1) is 23.2 Å². The lowest BCUT2D eigenvalue weighted by atomic mass is 9.50. The molecule has 4 saturated carbocycles. The van der Waals surface area contributed by atoms with Crippen molar-refractivity contribution in [1.82, 2.24) is 9.80 Å². The third-order valence-electron chi connectivity index (χ3n) is 8.20. The number of likely N-dealkylation sites (tertiary alicyclic amines) is 1. The first-order chi connectivity index (χ1) is 17.4. The summed E-state index contributed by atoms with van der Waals surface area (Å²) in [5.74, 6) is 0.488. The van der Waals surface area contributed by atoms with Gasteiger partial charge in [-0.25, -0.2) is 4.79 Å². The van der Waals surface area contributed by atoms with Gasteiger partial charge in [-0.1, -0.05) is 5.11 Å². The summed E-state index contributed by atoms with van der Waals surface area (Å²) in [6.45, 7) is 2.60. The predicted octanol–water partition coefficient (Wildman–Crippen LogP) is 2.93. The Hall–Kier alpha value is -2.58. The largest absolute Gasteiger partial charge is 0.465 e. The molecule has 5 rings (SSSR count). The molecule has 0 radical (unpaired) electrons. The van der Waals surface area contributed by atoms with Crippen molar-refractivity contribution in [3.8, 4) is 6.07 Å². The van der Waals surface area contributed by atoms with Gasteiger partial charge in [0.05, 0.1) is 50.2 Å². The second-order valence-corrected chi connectivity index (χ2v) is 10.6. The van der Waals surface area contributed by atoms with E-state index < -0.39 is 23.3 Å². The van der Waals surface area contributed by atoms with Crippen molar-refractivity contribution in [2.75, 3.05) is 52.7 Å². The highest BCUT2D eigenvalue weighted by Crippen LogP contribution is 2.60. The molecule has 0 aromatic rings. The minimum atomic E-state index is -1.07. The maximum atomic E-state index is 13.1. The molecule has 12 nitrogen and oxygen atoms in total. The lowest BCUT2D eigenvalue weighted by Crippen LogP contribution is -2.68. The summed E-state index contributed by atoms with van der Waals surface area (Å²) in [5, 5.41) is 23.0. The summed E-state index contributed by atoms with van der Waals surface area (Å²) < 4.78 is 17.3. The number of carbonyl (C=O) groups is 2. The van der Waals surface area contributed by atoms with E-state index in [0.29, 0.717) is 70.8 Å². The number of nitrogens with zero attached hydrogens (tertiary/aromatic N) is 6. The lowest BCUT2D eigenvalue weighted by molar-refractivity contribution is -0.200. The van der Waals surface area contributed by atoms with Gasteiger partial charge in [0.25, 0.3) is 0 Å². The molecule has 1 N–H and O–H groups in total. The fourth-order valence-electron chi connectivity index (χ4n) is 7.27. The Labute approximate surface area is 211 Å². The first-order valence-corrected chi connectivity index (χ1v) is 12.9. The molecular formula is C24H36N6O6. The van der Waals surface area contributed by atoms with Crippen LogP contribution in [0.4, 0.5) is 4.79 Å². The molecule has 12 heteroatoms. The van der Waals surface area contributed by atoms with Gasteiger partial charge in [-0.3, -0.25) is 9.69 Å². The van der Waals surface area contributed by atoms with Crippen LogP contribution in [0.3, 0.4) is 0 Å². The maximum absolute atomic E-state index is 13.1. The molecule has 0 spiro atoms. The van der Waals surface area contributed by atoms with E-state index >= 15 is 0 Å². The van der Waals surface area contributed by atoms with Gasteiger partial charge in [-0.2, -0.15) is 5.26 Å². The molecule has 1 saturated heterocycles. The summed E-state index contributed by atoms with van der Waals surface area (Å²) in [6.07, 6.45) is 5.38. The number of amides is 2. The minimum Gasteiger partial charge on any atom is -0.465 e. The monoisotopic (exact) mass is 504 g/mol. The molecule has 3 unspecified atom stereocenters. The lowest BCUT2D eigenvalue weighted by Gasteiger charge is -2.63. The van der Waals surface area contributed by atoms with E-state index in [-0.39, 0.29) is 12.5 Å². The van der Waals surface area contributed by atoms with E-state index in [9.17, 15) is 20.0 Å². The molecule has 0 aromatic heterocycles. The Kier molecular flexibility index (Phi) is 8.57. The highest BCUT2D eigenvalue weighted by molar-refractivity contribution is 5.83. The molecule has 4 bridgehead atoms. The molecule has 1 aliphatic heterocycles. The van der Waals surface area contributed by atoms with E-state index in [1.165, 1.54) is 4.90 Å². The quantitative estimate of drug-likeness (QED) is 0.174. The number of ether oxygens (including phenoxy) is 3. The van der Waals surface area contributed by atoms with Gasteiger partial charge in [0.1, 0.15) is 12.6 Å². The van der Waals surface area contributed by atoms with Crippen molar-refractivity contribution in [3.05, 3.63) is 10.4 Å². The molecule has 5 fully saturated rings. The Balaban J connectivity index is 1.33. The molecule has 5 atom stereocenters. The fourth-order valence-corrected chi connectivity index (χ4v) is 7.27. The average Bonchev–Trinajstić information content (AvgIpc) is 3.31. The molecular weight excluding hydrogens is 468 g/mol. The standard InChI is InChI=1S/C24H36N6O6/c25-15-20-2-1-4-29(20)21(31)16-30(22(32)33)23-11-18-10-19(12-23)14-24(13-18,17-23)36-9-8-35-7-6-34-5-3-27-28-26/h18-20H,1-14,16-17H2,(H,32,33)/t18-,19?,20-,23?,24?/m0/s1. The van der Waals surface area contributed by atoms with Gasteiger partial charge in [0.15, 0.2) is 0 Å². The Morgan fingerprint density at radius 1 is 1.14 bits per heavy atom. The highest BCUT2D eigenvalue weighted by atomic mass is 16.6. The zero-order chi connectivity index (χ0) is 25.6. The zero-order valence-corrected chi connectivity index (χ0v) is 20.7. The van der Waals surface area contributed by atoms with E-state index in [1.54, 1.807) is 4.90 Å². The number of azide groups is 1. The van der Waals surface area contributed by atoms with Gasteiger partial charge in [-0.15, -0.1) is 0 Å². The van der Waals surface area contributed by atoms with Gasteiger partial charge >= 0.3 is 6.09 Å². The smallest absolute Gasteiger partial charge is 0.408 e. The summed E-state index contributed by atoms with van der Waals surface area (Å²) >= 11 is 0. The van der Waals surface area contributed by atoms with Crippen molar-refractivity contribution >= 4 is 12.0 Å². The molecule has 1 heterocycles. The van der Waals surface area contributed by atoms with Crippen LogP contribution in [0.2, 0.25) is 0 Å². The first kappa shape index (κ1) is 26.5. The van der Waals surface area contributed by atoms with Crippen LogP contribution < -0.4 is 0 Å². The van der Waals surface area contributed by atoms with Crippen LogP contribution in [0.25, 0.3) is 10.4 Å². The number of carboxylic acid groups (broad SMARTS) is 1.